The predicted octanol–water partition coefficient (Wildman–Crippen LogP) is 3.60. The third kappa shape index (κ3) is 9.41. The number of nitrogens with zero attached hydrogens (tertiary/aromatic N) is 1. The van der Waals surface area contributed by atoms with Gasteiger partial charge in [-0.3, -0.25) is 4.99 Å². The van der Waals surface area contributed by atoms with Crippen LogP contribution < -0.4 is 0 Å². The zero-order chi connectivity index (χ0) is 9.07. The first kappa shape index (κ1) is 11.4. The molecule has 0 aromatic carbocycles. The Balaban J connectivity index is 2.97. The molecule has 70 valence electrons. The van der Waals surface area contributed by atoms with E-state index in [0.717, 1.165) is 19.4 Å². The molecule has 0 bridgehead atoms. The van der Waals surface area contributed by atoms with Gasteiger partial charge in [-0.25, -0.2) is 0 Å². The van der Waals surface area contributed by atoms with Crippen molar-refractivity contribution < 1.29 is 0 Å². The molecule has 0 heterocycles. The third-order valence-corrected chi connectivity index (χ3v) is 1.77. The zero-order valence-corrected chi connectivity index (χ0v) is 8.26. The Labute approximate surface area is 76.6 Å². The molecule has 0 amide bonds. The van der Waals surface area contributed by atoms with Crippen LogP contribution in [0.4, 0.5) is 0 Å². The molecule has 0 aromatic rings. The Kier molecular flexibility index (Phi) is 9.90. The largest absolute Gasteiger partial charge is 0.298 e. The van der Waals surface area contributed by atoms with Crippen LogP contribution >= 0.6 is 0 Å². The van der Waals surface area contributed by atoms with Crippen molar-refractivity contribution >= 4 is 6.21 Å². The van der Waals surface area contributed by atoms with Gasteiger partial charge in [0.05, 0.1) is 0 Å². The molecule has 0 fully saturated rings. The lowest BCUT2D eigenvalue weighted by atomic mass is 10.2. The van der Waals surface area contributed by atoms with Gasteiger partial charge in [0.1, 0.15) is 0 Å². The van der Waals surface area contributed by atoms with Gasteiger partial charge in [-0.2, -0.15) is 0 Å². The number of aliphatic imine (C=N–C) groups is 1. The van der Waals surface area contributed by atoms with Crippen LogP contribution in [0.15, 0.2) is 17.6 Å². The molecule has 0 spiro atoms. The predicted molar refractivity (Wildman–Crippen MR) is 56.9 cm³/mol. The first-order valence-corrected chi connectivity index (χ1v) is 5.01. The summed E-state index contributed by atoms with van der Waals surface area (Å²) in [6, 6.07) is 0. The molecule has 0 saturated heterocycles. The van der Waals surface area contributed by atoms with Gasteiger partial charge >= 0.3 is 0 Å². The van der Waals surface area contributed by atoms with E-state index in [4.69, 9.17) is 0 Å². The Bertz CT molecular complexity index is 116. The van der Waals surface area contributed by atoms with Crippen molar-refractivity contribution in [1.82, 2.24) is 0 Å². The SMILES string of the molecule is C=CCCC=NCCCCCC. The van der Waals surface area contributed by atoms with Gasteiger partial charge in [0.2, 0.25) is 0 Å². The van der Waals surface area contributed by atoms with Crippen molar-refractivity contribution in [2.75, 3.05) is 6.54 Å². The average Bonchev–Trinajstić information content (AvgIpc) is 2.10. The molecule has 0 atom stereocenters. The summed E-state index contributed by atoms with van der Waals surface area (Å²) in [7, 11) is 0. The molecule has 0 radical (unpaired) electrons. The van der Waals surface area contributed by atoms with E-state index in [1.165, 1.54) is 25.7 Å². The number of unbranched alkanes of at least 4 members (excludes halogenated alkanes) is 4. The van der Waals surface area contributed by atoms with E-state index in [9.17, 15) is 0 Å². The van der Waals surface area contributed by atoms with Gasteiger partial charge in [0.15, 0.2) is 0 Å². The van der Waals surface area contributed by atoms with Gasteiger partial charge in [-0.1, -0.05) is 32.3 Å². The first-order valence-electron chi connectivity index (χ1n) is 5.01. The highest BCUT2D eigenvalue weighted by Crippen LogP contribution is 1.98. The summed E-state index contributed by atoms with van der Waals surface area (Å²) in [6.07, 6.45) is 11.3. The van der Waals surface area contributed by atoms with Crippen LogP contribution in [0.2, 0.25) is 0 Å². The van der Waals surface area contributed by atoms with E-state index in [2.05, 4.69) is 18.5 Å². The van der Waals surface area contributed by atoms with Crippen LogP contribution in [0.5, 0.6) is 0 Å². The van der Waals surface area contributed by atoms with E-state index in [1.54, 1.807) is 0 Å². The standard InChI is InChI=1S/C11H21N/c1-3-5-7-9-11-12-10-8-6-4-2/h4,10H,2-3,5-9,11H2,1H3. The van der Waals surface area contributed by atoms with Crippen LogP contribution in [0.1, 0.15) is 45.4 Å². The molecule has 0 aliphatic rings. The molecule has 0 unspecified atom stereocenters. The Morgan fingerprint density at radius 3 is 2.67 bits per heavy atom. The normalized spacial score (nSPS) is 10.8. The van der Waals surface area contributed by atoms with Gasteiger partial charge in [-0.15, -0.1) is 6.58 Å². The minimum atomic E-state index is 1.01. The maximum absolute atomic E-state index is 4.31. The molecule has 0 saturated carbocycles. The smallest absolute Gasteiger partial charge is 0.0385 e. The molecule has 0 aliphatic carbocycles. The van der Waals surface area contributed by atoms with Crippen molar-refractivity contribution in [3.8, 4) is 0 Å². The van der Waals surface area contributed by atoms with Crippen LogP contribution in [0.3, 0.4) is 0 Å². The number of hydrogen-bond acceptors (Lipinski definition) is 1. The fourth-order valence-corrected chi connectivity index (χ4v) is 1.00. The number of hydrogen-bond donors (Lipinski definition) is 0. The topological polar surface area (TPSA) is 12.4 Å². The van der Waals surface area contributed by atoms with Crippen molar-refractivity contribution in [2.24, 2.45) is 4.99 Å². The highest BCUT2D eigenvalue weighted by Gasteiger charge is 1.84. The highest BCUT2D eigenvalue weighted by atomic mass is 14.7. The van der Waals surface area contributed by atoms with Crippen LogP contribution in [-0.4, -0.2) is 12.8 Å². The van der Waals surface area contributed by atoms with Crippen molar-refractivity contribution in [3.63, 3.8) is 0 Å². The van der Waals surface area contributed by atoms with Gasteiger partial charge in [0, 0.05) is 6.54 Å². The number of rotatable bonds is 8. The third-order valence-electron chi connectivity index (χ3n) is 1.77. The summed E-state index contributed by atoms with van der Waals surface area (Å²) < 4.78 is 0. The second-order valence-corrected chi connectivity index (χ2v) is 3.02. The minimum absolute atomic E-state index is 1.01. The zero-order valence-electron chi connectivity index (χ0n) is 8.26. The van der Waals surface area contributed by atoms with Gasteiger partial charge in [-0.05, 0) is 25.5 Å². The van der Waals surface area contributed by atoms with E-state index < -0.39 is 0 Å². The molecular weight excluding hydrogens is 146 g/mol. The highest BCUT2D eigenvalue weighted by molar-refractivity contribution is 5.57. The summed E-state index contributed by atoms with van der Waals surface area (Å²) in [5, 5.41) is 0. The van der Waals surface area contributed by atoms with E-state index in [0.29, 0.717) is 0 Å². The molecule has 0 N–H and O–H groups in total. The van der Waals surface area contributed by atoms with Crippen LogP contribution in [0.25, 0.3) is 0 Å². The van der Waals surface area contributed by atoms with E-state index >= 15 is 0 Å². The summed E-state index contributed by atoms with van der Waals surface area (Å²) in [5.41, 5.74) is 0. The summed E-state index contributed by atoms with van der Waals surface area (Å²) in [6.45, 7) is 6.90. The molecule has 0 aliphatic heterocycles. The van der Waals surface area contributed by atoms with Gasteiger partial charge < -0.3 is 0 Å². The first-order chi connectivity index (χ1) is 5.91. The lowest BCUT2D eigenvalue weighted by Gasteiger charge is -1.93. The average molecular weight is 167 g/mol. The molecule has 0 rings (SSSR count). The van der Waals surface area contributed by atoms with Crippen molar-refractivity contribution in [1.29, 1.82) is 0 Å². The van der Waals surface area contributed by atoms with Gasteiger partial charge in [0.25, 0.3) is 0 Å². The summed E-state index contributed by atoms with van der Waals surface area (Å²) >= 11 is 0. The van der Waals surface area contributed by atoms with Crippen molar-refractivity contribution in [2.45, 2.75) is 45.4 Å². The Hall–Kier alpha value is -0.590. The minimum Gasteiger partial charge on any atom is -0.298 e. The van der Waals surface area contributed by atoms with Crippen molar-refractivity contribution in [3.05, 3.63) is 12.7 Å². The molecular formula is C11H21N. The van der Waals surface area contributed by atoms with Crippen LogP contribution in [0, 0.1) is 0 Å². The fraction of sp³-hybridized carbons (Fsp3) is 0.727. The van der Waals surface area contributed by atoms with E-state index in [1.807, 2.05) is 12.3 Å². The summed E-state index contributed by atoms with van der Waals surface area (Å²) in [4.78, 5) is 4.31. The number of allylic oxidation sites excluding steroid dienone is 1. The molecule has 1 heteroatoms. The molecule has 12 heavy (non-hydrogen) atoms. The lowest BCUT2D eigenvalue weighted by molar-refractivity contribution is 0.675. The second kappa shape index (κ2) is 10.4. The maximum atomic E-state index is 4.31. The second-order valence-electron chi connectivity index (χ2n) is 3.02. The lowest BCUT2D eigenvalue weighted by Crippen LogP contribution is -1.83. The monoisotopic (exact) mass is 167 g/mol. The van der Waals surface area contributed by atoms with E-state index in [-0.39, 0.29) is 0 Å². The quantitative estimate of drug-likeness (QED) is 0.297. The Morgan fingerprint density at radius 1 is 1.17 bits per heavy atom. The molecule has 1 nitrogen and oxygen atoms in total. The van der Waals surface area contributed by atoms with Crippen LogP contribution in [-0.2, 0) is 0 Å². The summed E-state index contributed by atoms with van der Waals surface area (Å²) in [5.74, 6) is 0. The molecule has 0 aromatic heterocycles. The Morgan fingerprint density at radius 2 is 2.00 bits per heavy atom. The fourth-order valence-electron chi connectivity index (χ4n) is 1.00. The maximum Gasteiger partial charge on any atom is 0.0385 e.